The maximum atomic E-state index is 13.0. The van der Waals surface area contributed by atoms with Gasteiger partial charge in [-0.15, -0.1) is 0 Å². The number of carbonyl (C=O) groups is 1. The molecule has 0 bridgehead atoms. The summed E-state index contributed by atoms with van der Waals surface area (Å²) in [6.45, 7) is 0.156. The van der Waals surface area contributed by atoms with Crippen LogP contribution in [0.4, 0.5) is 4.39 Å². The van der Waals surface area contributed by atoms with Crippen molar-refractivity contribution in [2.24, 2.45) is 5.73 Å². The van der Waals surface area contributed by atoms with Gasteiger partial charge in [-0.2, -0.15) is 0 Å². The van der Waals surface area contributed by atoms with E-state index in [0.29, 0.717) is 11.8 Å². The molecule has 1 atom stereocenters. The lowest BCUT2D eigenvalue weighted by Gasteiger charge is -2.11. The van der Waals surface area contributed by atoms with Crippen molar-refractivity contribution < 1.29 is 13.9 Å². The fourth-order valence-electron chi connectivity index (χ4n) is 1.08. The first kappa shape index (κ1) is 12.1. The molecule has 0 saturated heterocycles. The molecule has 0 aliphatic rings. The third kappa shape index (κ3) is 3.58. The zero-order valence-electron chi connectivity index (χ0n) is 7.95. The first-order valence-electron chi connectivity index (χ1n) is 4.37. The van der Waals surface area contributed by atoms with Crippen molar-refractivity contribution in [3.05, 3.63) is 34.6 Å². The van der Waals surface area contributed by atoms with Crippen molar-refractivity contribution in [3.8, 4) is 0 Å². The van der Waals surface area contributed by atoms with E-state index in [9.17, 15) is 9.18 Å². The Balaban J connectivity index is 2.61. The van der Waals surface area contributed by atoms with Crippen molar-refractivity contribution >= 4 is 17.9 Å². The van der Waals surface area contributed by atoms with Crippen LogP contribution in [0.1, 0.15) is 11.6 Å². The molecule has 5 heteroatoms. The van der Waals surface area contributed by atoms with Crippen LogP contribution in [0.5, 0.6) is 0 Å². The Morgan fingerprint density at radius 1 is 1.60 bits per heavy atom. The molecule has 3 nitrogen and oxygen atoms in total. The Labute approximate surface area is 92.0 Å². The van der Waals surface area contributed by atoms with E-state index in [4.69, 9.17) is 22.1 Å². The Bertz CT molecular complexity index is 346. The van der Waals surface area contributed by atoms with Crippen LogP contribution in [0.15, 0.2) is 18.2 Å². The first-order valence-corrected chi connectivity index (χ1v) is 4.75. The van der Waals surface area contributed by atoms with Crippen LogP contribution < -0.4 is 5.73 Å². The number of aldehydes is 1. The molecule has 0 fully saturated rings. The van der Waals surface area contributed by atoms with Gasteiger partial charge >= 0.3 is 0 Å². The Hall–Kier alpha value is -0.970. The maximum Gasteiger partial charge on any atom is 0.145 e. The lowest BCUT2D eigenvalue weighted by atomic mass is 10.1. The minimum absolute atomic E-state index is 0.0101. The number of halogens is 2. The monoisotopic (exact) mass is 231 g/mol. The van der Waals surface area contributed by atoms with Gasteiger partial charge in [0.1, 0.15) is 18.7 Å². The quantitative estimate of drug-likeness (QED) is 0.620. The van der Waals surface area contributed by atoms with Crippen LogP contribution in [-0.2, 0) is 9.53 Å². The van der Waals surface area contributed by atoms with Gasteiger partial charge in [-0.1, -0.05) is 17.7 Å². The van der Waals surface area contributed by atoms with E-state index in [0.717, 1.165) is 0 Å². The second kappa shape index (κ2) is 5.80. The van der Waals surface area contributed by atoms with E-state index in [1.807, 2.05) is 0 Å². The fraction of sp³-hybridized carbons (Fsp3) is 0.300. The number of carbonyl (C=O) groups excluding carboxylic acids is 1. The van der Waals surface area contributed by atoms with Gasteiger partial charge in [-0.25, -0.2) is 4.39 Å². The number of rotatable bonds is 5. The summed E-state index contributed by atoms with van der Waals surface area (Å²) in [6, 6.07) is 3.86. The summed E-state index contributed by atoms with van der Waals surface area (Å²) in [7, 11) is 0. The Kier molecular flexibility index (Phi) is 4.68. The lowest BCUT2D eigenvalue weighted by molar-refractivity contribution is -0.112. The van der Waals surface area contributed by atoms with Gasteiger partial charge in [0.05, 0.1) is 17.7 Å². The van der Waals surface area contributed by atoms with Gasteiger partial charge in [0.25, 0.3) is 0 Å². The average Bonchev–Trinajstić information content (AvgIpc) is 2.22. The zero-order valence-corrected chi connectivity index (χ0v) is 8.71. The second-order valence-electron chi connectivity index (χ2n) is 2.98. The summed E-state index contributed by atoms with van der Waals surface area (Å²) < 4.78 is 18.0. The summed E-state index contributed by atoms with van der Waals surface area (Å²) in [5.74, 6) is -0.514. The molecule has 1 rings (SSSR count). The van der Waals surface area contributed by atoms with Crippen molar-refractivity contribution in [2.75, 3.05) is 13.2 Å². The summed E-state index contributed by atoms with van der Waals surface area (Å²) in [6.07, 6.45) is 0.634. The molecule has 0 aliphatic carbocycles. The summed E-state index contributed by atoms with van der Waals surface area (Å²) in [5, 5.41) is 0.0553. The van der Waals surface area contributed by atoms with Crippen LogP contribution in [0.3, 0.4) is 0 Å². The predicted molar refractivity (Wildman–Crippen MR) is 55.2 cm³/mol. The minimum atomic E-state index is -0.514. The first-order chi connectivity index (χ1) is 7.15. The molecular weight excluding hydrogens is 221 g/mol. The molecule has 82 valence electrons. The number of benzene rings is 1. The van der Waals surface area contributed by atoms with E-state index in [2.05, 4.69) is 0 Å². The van der Waals surface area contributed by atoms with Crippen LogP contribution in [0.25, 0.3) is 0 Å². The van der Waals surface area contributed by atoms with E-state index < -0.39 is 11.9 Å². The van der Waals surface area contributed by atoms with Crippen LogP contribution in [0, 0.1) is 5.82 Å². The van der Waals surface area contributed by atoms with E-state index in [1.54, 1.807) is 6.07 Å². The molecule has 0 saturated carbocycles. The summed E-state index contributed by atoms with van der Waals surface area (Å²) in [4.78, 5) is 9.98. The lowest BCUT2D eigenvalue weighted by Crippen LogP contribution is -2.17. The minimum Gasteiger partial charge on any atom is -0.372 e. The number of hydrogen-bond acceptors (Lipinski definition) is 3. The predicted octanol–water partition coefficient (Wildman–Crippen LogP) is 1.69. The normalized spacial score (nSPS) is 12.5. The van der Waals surface area contributed by atoms with Gasteiger partial charge in [-0.3, -0.25) is 0 Å². The molecule has 0 aliphatic heterocycles. The van der Waals surface area contributed by atoms with E-state index in [1.165, 1.54) is 12.1 Å². The maximum absolute atomic E-state index is 13.0. The molecule has 0 spiro atoms. The molecule has 0 radical (unpaired) electrons. The average molecular weight is 232 g/mol. The highest BCUT2D eigenvalue weighted by molar-refractivity contribution is 6.30. The van der Waals surface area contributed by atoms with Gasteiger partial charge in [-0.05, 0) is 17.7 Å². The molecule has 0 amide bonds. The largest absolute Gasteiger partial charge is 0.372 e. The third-order valence-electron chi connectivity index (χ3n) is 1.86. The fourth-order valence-corrected chi connectivity index (χ4v) is 1.20. The highest BCUT2D eigenvalue weighted by atomic mass is 35.5. The van der Waals surface area contributed by atoms with Crippen molar-refractivity contribution in [3.63, 3.8) is 0 Å². The molecule has 15 heavy (non-hydrogen) atoms. The summed E-state index contributed by atoms with van der Waals surface area (Å²) in [5.41, 5.74) is 6.29. The van der Waals surface area contributed by atoms with Gasteiger partial charge in [0.2, 0.25) is 0 Å². The summed E-state index contributed by atoms with van der Waals surface area (Å²) >= 11 is 5.52. The number of hydrogen-bond donors (Lipinski definition) is 1. The van der Waals surface area contributed by atoms with Crippen LogP contribution >= 0.6 is 11.6 Å². The Morgan fingerprint density at radius 2 is 2.33 bits per heavy atom. The van der Waals surface area contributed by atoms with Gasteiger partial charge in [0.15, 0.2) is 0 Å². The molecule has 1 aromatic rings. The molecule has 0 aromatic heterocycles. The molecule has 0 heterocycles. The van der Waals surface area contributed by atoms with Crippen molar-refractivity contribution in [1.82, 2.24) is 0 Å². The number of nitrogens with two attached hydrogens (primary N) is 1. The second-order valence-corrected chi connectivity index (χ2v) is 3.39. The van der Waals surface area contributed by atoms with Crippen molar-refractivity contribution in [2.45, 2.75) is 6.04 Å². The Morgan fingerprint density at radius 3 is 2.93 bits per heavy atom. The molecular formula is C10H11ClFNO2. The van der Waals surface area contributed by atoms with Gasteiger partial charge < -0.3 is 15.3 Å². The topological polar surface area (TPSA) is 52.3 Å². The molecule has 1 aromatic carbocycles. The SMILES string of the molecule is N[C@H](COCC=O)c1ccc(Cl)c(F)c1. The highest BCUT2D eigenvalue weighted by Gasteiger charge is 2.08. The third-order valence-corrected chi connectivity index (χ3v) is 2.16. The zero-order chi connectivity index (χ0) is 11.3. The van der Waals surface area contributed by atoms with E-state index in [-0.39, 0.29) is 18.2 Å². The van der Waals surface area contributed by atoms with Crippen LogP contribution in [-0.4, -0.2) is 19.5 Å². The highest BCUT2D eigenvalue weighted by Crippen LogP contribution is 2.19. The van der Waals surface area contributed by atoms with Crippen LogP contribution in [0.2, 0.25) is 5.02 Å². The smallest absolute Gasteiger partial charge is 0.145 e. The molecule has 2 N–H and O–H groups in total. The van der Waals surface area contributed by atoms with E-state index >= 15 is 0 Å². The molecule has 0 unspecified atom stereocenters. The van der Waals surface area contributed by atoms with Crippen molar-refractivity contribution in [1.29, 1.82) is 0 Å². The van der Waals surface area contributed by atoms with Gasteiger partial charge in [0, 0.05) is 0 Å². The standard InChI is InChI=1S/C10H11ClFNO2/c11-8-2-1-7(5-9(8)12)10(13)6-15-4-3-14/h1-3,5,10H,4,6,13H2/t10-/m1/s1. The number of ether oxygens (including phenoxy) is 1.